The summed E-state index contributed by atoms with van der Waals surface area (Å²) in [6.45, 7) is -0.473. The normalized spacial score (nSPS) is 11.6. The maximum absolute atomic E-state index is 13.7. The van der Waals surface area contributed by atoms with Gasteiger partial charge in [0.05, 0.1) is 17.3 Å². The number of hydrogen-bond donors (Lipinski definition) is 1. The number of nitrogens with zero attached hydrogens (tertiary/aromatic N) is 2. The molecule has 0 unspecified atom stereocenters. The molecule has 4 rings (SSSR count). The fraction of sp³-hybridized carbons (Fsp3) is 0.143. The van der Waals surface area contributed by atoms with E-state index in [0.717, 1.165) is 15.9 Å². The summed E-state index contributed by atoms with van der Waals surface area (Å²) in [5.74, 6) is -1.79. The van der Waals surface area contributed by atoms with Gasteiger partial charge in [0.2, 0.25) is 10.0 Å². The summed E-state index contributed by atoms with van der Waals surface area (Å²) in [5.41, 5.74) is 1.67. The van der Waals surface area contributed by atoms with E-state index in [0.29, 0.717) is 12.0 Å². The minimum Gasteiger partial charge on any atom is -0.505 e. The van der Waals surface area contributed by atoms with Crippen LogP contribution in [0.15, 0.2) is 83.8 Å². The van der Waals surface area contributed by atoms with E-state index in [1.807, 2.05) is 0 Å². The zero-order chi connectivity index (χ0) is 28.2. The molecule has 0 bridgehead atoms. The van der Waals surface area contributed by atoms with E-state index in [1.54, 1.807) is 24.3 Å². The smallest absolute Gasteiger partial charge is 0.247 e. The summed E-state index contributed by atoms with van der Waals surface area (Å²) in [5, 5.41) is 10.2. The second-order valence-electron chi connectivity index (χ2n) is 8.70. The molecular weight excluding hydrogens is 569 g/mol. The van der Waals surface area contributed by atoms with Gasteiger partial charge in [-0.3, -0.25) is 4.79 Å². The van der Waals surface area contributed by atoms with Crippen LogP contribution in [0.25, 0.3) is 0 Å². The van der Waals surface area contributed by atoms with E-state index in [-0.39, 0.29) is 52.5 Å². The molecule has 0 aliphatic carbocycles. The molecule has 4 aromatic rings. The predicted octanol–water partition coefficient (Wildman–Crippen LogP) is 6.58. The summed E-state index contributed by atoms with van der Waals surface area (Å²) in [6.07, 6.45) is 0.499. The third-order valence-electron chi connectivity index (χ3n) is 5.87. The molecule has 11 heteroatoms. The first kappa shape index (κ1) is 28.6. The Balaban J connectivity index is 1.62. The Hall–Kier alpha value is -3.37. The average molecular weight is 591 g/mol. The van der Waals surface area contributed by atoms with Gasteiger partial charge in [-0.2, -0.15) is 4.31 Å². The number of sulfonamides is 1. The highest BCUT2D eigenvalue weighted by Crippen LogP contribution is 2.36. The maximum Gasteiger partial charge on any atom is 0.247 e. The van der Waals surface area contributed by atoms with Crippen LogP contribution in [-0.4, -0.2) is 28.6 Å². The van der Waals surface area contributed by atoms with Gasteiger partial charge in [0.1, 0.15) is 22.2 Å². The molecule has 1 N–H and O–H groups in total. The largest absolute Gasteiger partial charge is 0.505 e. The van der Waals surface area contributed by atoms with Crippen LogP contribution in [0.4, 0.5) is 8.78 Å². The Kier molecular flexibility index (Phi) is 8.97. The molecule has 0 amide bonds. The molecule has 39 heavy (non-hydrogen) atoms. The molecule has 0 saturated heterocycles. The minimum absolute atomic E-state index is 0.00461. The molecule has 0 saturated carbocycles. The Morgan fingerprint density at radius 1 is 0.872 bits per heavy atom. The Labute approximate surface area is 234 Å². The number of hydrogen-bond acceptors (Lipinski definition) is 5. The van der Waals surface area contributed by atoms with Crippen molar-refractivity contribution < 1.29 is 27.1 Å². The number of ketones is 1. The second kappa shape index (κ2) is 12.2. The van der Waals surface area contributed by atoms with Crippen molar-refractivity contribution in [3.05, 3.63) is 123 Å². The topological polar surface area (TPSA) is 87.6 Å². The zero-order valence-corrected chi connectivity index (χ0v) is 22.6. The van der Waals surface area contributed by atoms with Crippen LogP contribution in [0.5, 0.6) is 5.75 Å². The molecule has 1 heterocycles. The lowest BCUT2D eigenvalue weighted by molar-refractivity contribution is 0.0977. The molecule has 0 aliphatic heterocycles. The SMILES string of the molecule is O=C(CCc1ccc(F)cc1)c1cccc(CN(Cc2ccc(F)cc2)S(=O)(=O)c2cc(Cl)cc(Cl)c2O)n1. The van der Waals surface area contributed by atoms with Crippen LogP contribution in [0.1, 0.15) is 33.7 Å². The molecule has 0 fully saturated rings. The summed E-state index contributed by atoms with van der Waals surface area (Å²) >= 11 is 12.0. The average Bonchev–Trinajstić information content (AvgIpc) is 2.91. The predicted molar refractivity (Wildman–Crippen MR) is 144 cm³/mol. The van der Waals surface area contributed by atoms with Crippen molar-refractivity contribution in [2.45, 2.75) is 30.8 Å². The molecule has 1 aromatic heterocycles. The van der Waals surface area contributed by atoms with Gasteiger partial charge in [-0.1, -0.05) is 53.5 Å². The number of halogens is 4. The van der Waals surface area contributed by atoms with E-state index >= 15 is 0 Å². The Bertz CT molecular complexity index is 1600. The maximum atomic E-state index is 13.7. The number of phenols is 1. The lowest BCUT2D eigenvalue weighted by atomic mass is 10.1. The molecule has 202 valence electrons. The highest BCUT2D eigenvalue weighted by molar-refractivity contribution is 7.89. The van der Waals surface area contributed by atoms with E-state index in [9.17, 15) is 27.1 Å². The van der Waals surface area contributed by atoms with Gasteiger partial charge < -0.3 is 5.11 Å². The van der Waals surface area contributed by atoms with Crippen LogP contribution in [-0.2, 0) is 29.5 Å². The van der Waals surface area contributed by atoms with Crippen LogP contribution in [0.3, 0.4) is 0 Å². The second-order valence-corrected chi connectivity index (χ2v) is 11.4. The summed E-state index contributed by atoms with van der Waals surface area (Å²) in [4.78, 5) is 16.7. The first-order chi connectivity index (χ1) is 18.5. The number of aromatic nitrogens is 1. The third kappa shape index (κ3) is 7.19. The fourth-order valence-electron chi connectivity index (χ4n) is 3.84. The van der Waals surface area contributed by atoms with Crippen LogP contribution < -0.4 is 0 Å². The number of aromatic hydroxyl groups is 1. The van der Waals surface area contributed by atoms with Gasteiger partial charge >= 0.3 is 0 Å². The van der Waals surface area contributed by atoms with Crippen LogP contribution in [0.2, 0.25) is 10.0 Å². The number of carbonyl (C=O) groups is 1. The van der Waals surface area contributed by atoms with Gasteiger partial charge in [-0.25, -0.2) is 22.2 Å². The number of Topliss-reactive ketones (excluding diaryl/α,β-unsaturated/α-hetero) is 1. The highest BCUT2D eigenvalue weighted by atomic mass is 35.5. The Morgan fingerprint density at radius 3 is 2.13 bits per heavy atom. The van der Waals surface area contributed by atoms with Gasteiger partial charge in [0.25, 0.3) is 0 Å². The van der Waals surface area contributed by atoms with Crippen molar-refractivity contribution in [1.29, 1.82) is 0 Å². The van der Waals surface area contributed by atoms with Crippen molar-refractivity contribution in [3.63, 3.8) is 0 Å². The van der Waals surface area contributed by atoms with Crippen molar-refractivity contribution >= 4 is 39.0 Å². The summed E-state index contributed by atoms with van der Waals surface area (Å²) in [6, 6.07) is 18.1. The van der Waals surface area contributed by atoms with Crippen molar-refractivity contribution in [1.82, 2.24) is 9.29 Å². The lowest BCUT2D eigenvalue weighted by Gasteiger charge is -2.23. The number of rotatable bonds is 10. The highest BCUT2D eigenvalue weighted by Gasteiger charge is 2.30. The van der Waals surface area contributed by atoms with Gasteiger partial charge in [0.15, 0.2) is 11.5 Å². The molecule has 0 aliphatic rings. The summed E-state index contributed by atoms with van der Waals surface area (Å²) in [7, 11) is -4.40. The fourth-order valence-corrected chi connectivity index (χ4v) is 5.98. The van der Waals surface area contributed by atoms with Crippen LogP contribution in [0, 0.1) is 11.6 Å². The van der Waals surface area contributed by atoms with Gasteiger partial charge in [0, 0.05) is 18.0 Å². The van der Waals surface area contributed by atoms with E-state index in [2.05, 4.69) is 4.98 Å². The number of benzene rings is 3. The minimum atomic E-state index is -4.40. The molecule has 0 radical (unpaired) electrons. The van der Waals surface area contributed by atoms with Crippen molar-refractivity contribution in [2.24, 2.45) is 0 Å². The molecular formula is C28H22Cl2F2N2O4S. The van der Waals surface area contributed by atoms with Crippen LogP contribution >= 0.6 is 23.2 Å². The number of phenolic OH excluding ortho intramolecular Hbond substituents is 1. The first-order valence-corrected chi connectivity index (χ1v) is 13.9. The third-order valence-corrected chi connectivity index (χ3v) is 8.18. The van der Waals surface area contributed by atoms with E-state index in [4.69, 9.17) is 23.2 Å². The van der Waals surface area contributed by atoms with Crippen molar-refractivity contribution in [3.8, 4) is 5.75 Å². The zero-order valence-electron chi connectivity index (χ0n) is 20.3. The first-order valence-electron chi connectivity index (χ1n) is 11.7. The lowest BCUT2D eigenvalue weighted by Crippen LogP contribution is -2.31. The molecule has 3 aromatic carbocycles. The number of pyridine rings is 1. The van der Waals surface area contributed by atoms with E-state index in [1.165, 1.54) is 48.5 Å². The standard InChI is InChI=1S/C28H22Cl2F2N2O4S/c29-20-14-24(30)28(36)27(15-20)39(37,38)34(16-19-6-11-22(32)12-7-19)17-23-2-1-3-25(33-23)26(35)13-8-18-4-9-21(31)10-5-18/h1-7,9-12,14-15,36H,8,13,16-17H2. The molecule has 6 nitrogen and oxygen atoms in total. The summed E-state index contributed by atoms with van der Waals surface area (Å²) < 4.78 is 55.0. The van der Waals surface area contributed by atoms with Gasteiger partial charge in [-0.15, -0.1) is 0 Å². The Morgan fingerprint density at radius 2 is 1.49 bits per heavy atom. The monoisotopic (exact) mass is 590 g/mol. The molecule has 0 spiro atoms. The molecule has 0 atom stereocenters. The number of carbonyl (C=O) groups excluding carboxylic acids is 1. The van der Waals surface area contributed by atoms with Crippen molar-refractivity contribution in [2.75, 3.05) is 0 Å². The number of aryl methyl sites for hydroxylation is 1. The van der Waals surface area contributed by atoms with Gasteiger partial charge in [-0.05, 0) is 66.1 Å². The van der Waals surface area contributed by atoms with E-state index < -0.39 is 26.5 Å². The quantitative estimate of drug-likeness (QED) is 0.211.